The van der Waals surface area contributed by atoms with Gasteiger partial charge in [-0.1, -0.05) is 0 Å². The van der Waals surface area contributed by atoms with Gasteiger partial charge in [0.1, 0.15) is 0 Å². The van der Waals surface area contributed by atoms with Gasteiger partial charge in [-0.25, -0.2) is 0 Å². The fourth-order valence-corrected chi connectivity index (χ4v) is 0. The van der Waals surface area contributed by atoms with Crippen LogP contribution in [0.3, 0.4) is 0 Å². The Morgan fingerprint density at radius 3 is 0.706 bits per heavy atom. The Hall–Kier alpha value is 0.140. The molecule has 15 heteroatoms. The zero-order valence-electron chi connectivity index (χ0n) is 6.91. The summed E-state index contributed by atoms with van der Waals surface area (Å²) in [4.78, 5) is 0. The van der Waals surface area contributed by atoms with E-state index in [1.54, 1.807) is 0 Å². The fourth-order valence-electron chi connectivity index (χ4n) is 0. The standard InChI is InChI=1S/2CHF3O3S.Ag/c2*2-1(3,4)8(5,6)7;/h2*(H,5,6,7);/q;;+3. The Morgan fingerprint density at radius 2 is 0.706 bits per heavy atom. The van der Waals surface area contributed by atoms with Gasteiger partial charge in [-0.15, -0.1) is 0 Å². The van der Waals surface area contributed by atoms with Crippen molar-refractivity contribution in [2.45, 2.75) is 11.0 Å². The van der Waals surface area contributed by atoms with Crippen molar-refractivity contribution in [3.05, 3.63) is 0 Å². The summed E-state index contributed by atoms with van der Waals surface area (Å²) in [6, 6.07) is 0. The molecule has 2 N–H and O–H groups in total. The molecular weight excluding hydrogens is 406 g/mol. The molecule has 0 heterocycles. The van der Waals surface area contributed by atoms with Crippen molar-refractivity contribution in [3.63, 3.8) is 0 Å². The summed E-state index contributed by atoms with van der Waals surface area (Å²) in [5.41, 5.74) is -11.1. The van der Waals surface area contributed by atoms with Crippen LogP contribution in [0.15, 0.2) is 0 Å². The smallest absolute Gasteiger partial charge is 0.279 e. The summed E-state index contributed by atoms with van der Waals surface area (Å²) in [6.07, 6.45) is 0. The molecule has 108 valence electrons. The number of halogens is 6. The first kappa shape index (κ1) is 22.3. The molecule has 0 fully saturated rings. The van der Waals surface area contributed by atoms with Crippen molar-refractivity contribution < 1.29 is 74.7 Å². The van der Waals surface area contributed by atoms with Crippen molar-refractivity contribution in [2.24, 2.45) is 0 Å². The zero-order chi connectivity index (χ0) is 14.0. The summed E-state index contributed by atoms with van der Waals surface area (Å²) in [7, 11) is -11.7. The van der Waals surface area contributed by atoms with Crippen molar-refractivity contribution in [1.29, 1.82) is 0 Å². The van der Waals surface area contributed by atoms with E-state index in [1.807, 2.05) is 0 Å². The van der Waals surface area contributed by atoms with Gasteiger partial charge in [-0.3, -0.25) is 9.11 Å². The van der Waals surface area contributed by atoms with Crippen molar-refractivity contribution in [2.75, 3.05) is 0 Å². The van der Waals surface area contributed by atoms with E-state index in [9.17, 15) is 26.3 Å². The monoisotopic (exact) mass is 407 g/mol. The first-order valence-electron chi connectivity index (χ1n) is 2.57. The maximum atomic E-state index is 10.7. The summed E-state index contributed by atoms with van der Waals surface area (Å²) in [5.74, 6) is 0. The van der Waals surface area contributed by atoms with Gasteiger partial charge < -0.3 is 0 Å². The molecule has 0 saturated carbocycles. The third kappa shape index (κ3) is 9.81. The van der Waals surface area contributed by atoms with E-state index in [2.05, 4.69) is 0 Å². The van der Waals surface area contributed by atoms with E-state index >= 15 is 0 Å². The van der Waals surface area contributed by atoms with Gasteiger partial charge in [0.25, 0.3) is 0 Å². The van der Waals surface area contributed by atoms with Crippen LogP contribution in [0.25, 0.3) is 0 Å². The molecule has 0 radical (unpaired) electrons. The molecule has 0 unspecified atom stereocenters. The molecule has 0 aromatic carbocycles. The molecule has 0 aliphatic rings. The molecule has 0 atom stereocenters. The molecule has 0 aliphatic carbocycles. The zero-order valence-corrected chi connectivity index (χ0v) is 10.0. The van der Waals surface area contributed by atoms with Crippen LogP contribution in [0.1, 0.15) is 0 Å². The second-order valence-electron chi connectivity index (χ2n) is 1.84. The average molecular weight is 408 g/mol. The predicted octanol–water partition coefficient (Wildman–Crippen LogP) is 0.786. The van der Waals surface area contributed by atoms with Crippen LogP contribution < -0.4 is 0 Å². The van der Waals surface area contributed by atoms with Crippen LogP contribution in [0.5, 0.6) is 0 Å². The van der Waals surface area contributed by atoms with Crippen molar-refractivity contribution in [3.8, 4) is 0 Å². The van der Waals surface area contributed by atoms with Crippen molar-refractivity contribution in [1.82, 2.24) is 0 Å². The van der Waals surface area contributed by atoms with E-state index in [4.69, 9.17) is 25.9 Å². The quantitative estimate of drug-likeness (QED) is 0.266. The third-order valence-corrected chi connectivity index (χ3v) is 1.75. The van der Waals surface area contributed by atoms with E-state index in [0.717, 1.165) is 0 Å². The second-order valence-corrected chi connectivity index (χ2v) is 4.67. The van der Waals surface area contributed by atoms with Crippen LogP contribution >= 0.6 is 0 Å². The van der Waals surface area contributed by atoms with Crippen molar-refractivity contribution >= 4 is 20.2 Å². The molecule has 0 rings (SSSR count). The van der Waals surface area contributed by atoms with Gasteiger partial charge in [0, 0.05) is 0 Å². The molecule has 0 aromatic rings. The maximum absolute atomic E-state index is 10.7. The summed E-state index contributed by atoms with van der Waals surface area (Å²) in [6.45, 7) is 0. The predicted molar refractivity (Wildman–Crippen MR) is 35.2 cm³/mol. The molecular formula is C2H2AgF6O6S2+3. The van der Waals surface area contributed by atoms with Gasteiger partial charge in [0.15, 0.2) is 0 Å². The van der Waals surface area contributed by atoms with E-state index in [1.165, 1.54) is 0 Å². The van der Waals surface area contributed by atoms with E-state index < -0.39 is 31.3 Å². The minimum Gasteiger partial charge on any atom is -0.279 e. The van der Waals surface area contributed by atoms with Crippen LogP contribution in [0.2, 0.25) is 0 Å². The summed E-state index contributed by atoms with van der Waals surface area (Å²) in [5, 5.41) is 0. The SMILES string of the molecule is O=S(=O)(O)C(F)(F)F.O=S(=O)(O)C(F)(F)F.[Ag+3]. The molecule has 0 aromatic heterocycles. The Kier molecular flexibility index (Phi) is 8.34. The van der Waals surface area contributed by atoms with Gasteiger partial charge in [0.2, 0.25) is 0 Å². The number of hydrogen-bond donors (Lipinski definition) is 2. The normalized spacial score (nSPS) is 13.2. The first-order valence-corrected chi connectivity index (χ1v) is 5.45. The second kappa shape index (κ2) is 6.35. The third-order valence-electron chi connectivity index (χ3n) is 0.585. The maximum Gasteiger partial charge on any atom is 3.00 e. The molecule has 0 bridgehead atoms. The Bertz CT molecular complexity index is 374. The summed E-state index contributed by atoms with van der Waals surface area (Å²) < 4.78 is 115. The fraction of sp³-hybridized carbons (Fsp3) is 1.00. The van der Waals surface area contributed by atoms with E-state index in [-0.39, 0.29) is 22.4 Å². The number of alkyl halides is 6. The number of rotatable bonds is 0. The van der Waals surface area contributed by atoms with E-state index in [0.29, 0.717) is 0 Å². The number of hydrogen-bond acceptors (Lipinski definition) is 4. The molecule has 6 nitrogen and oxygen atoms in total. The molecule has 17 heavy (non-hydrogen) atoms. The Labute approximate surface area is 106 Å². The van der Waals surface area contributed by atoms with Gasteiger partial charge >= 0.3 is 53.6 Å². The molecule has 0 spiro atoms. The molecule has 0 amide bonds. The van der Waals surface area contributed by atoms with Crippen LogP contribution in [0, 0.1) is 0 Å². The molecule has 0 saturated heterocycles. The summed E-state index contributed by atoms with van der Waals surface area (Å²) >= 11 is 0. The van der Waals surface area contributed by atoms with Gasteiger partial charge in [-0.05, 0) is 0 Å². The van der Waals surface area contributed by atoms with Crippen LogP contribution in [-0.2, 0) is 42.6 Å². The van der Waals surface area contributed by atoms with Gasteiger partial charge in [0.05, 0.1) is 0 Å². The Balaban J connectivity index is -0.000000218. The topological polar surface area (TPSA) is 109 Å². The largest absolute Gasteiger partial charge is 3.00 e. The van der Waals surface area contributed by atoms with Crippen LogP contribution in [0.4, 0.5) is 26.3 Å². The van der Waals surface area contributed by atoms with Crippen LogP contribution in [-0.4, -0.2) is 37.0 Å². The minimum absolute atomic E-state index is 0. The van der Waals surface area contributed by atoms with Gasteiger partial charge in [-0.2, -0.15) is 43.2 Å². The first-order chi connectivity index (χ1) is 6.50. The molecule has 0 aliphatic heterocycles. The minimum atomic E-state index is -5.84. The average Bonchev–Trinajstić information content (AvgIpc) is 1.77. The Morgan fingerprint density at radius 1 is 0.647 bits per heavy atom.